The van der Waals surface area contributed by atoms with Gasteiger partial charge in [0.05, 0.1) is 23.6 Å². The molecule has 1 rings (SSSR count). The lowest BCUT2D eigenvalue weighted by atomic mass is 9.97. The van der Waals surface area contributed by atoms with E-state index in [9.17, 15) is 14.7 Å². The molecule has 1 atom stereocenters. The molecular weight excluding hydrogens is 306 g/mol. The van der Waals surface area contributed by atoms with Gasteiger partial charge in [0.25, 0.3) is 0 Å². The summed E-state index contributed by atoms with van der Waals surface area (Å²) in [5, 5.41) is 18.9. The Morgan fingerprint density at radius 2 is 2.11 bits per heavy atom. The molecule has 0 saturated heterocycles. The van der Waals surface area contributed by atoms with Crippen molar-refractivity contribution in [2.24, 2.45) is 5.73 Å². The van der Waals surface area contributed by atoms with E-state index >= 15 is 0 Å². The number of ether oxygens (including phenoxy) is 1. The fraction of sp³-hybridized carbons (Fsp3) is 0.273. The zero-order valence-corrected chi connectivity index (χ0v) is 11.1. The van der Waals surface area contributed by atoms with Gasteiger partial charge in [-0.05, 0) is 28.1 Å². The molecule has 18 heavy (non-hydrogen) atoms. The lowest BCUT2D eigenvalue weighted by molar-refractivity contribution is -0.141. The van der Waals surface area contributed by atoms with Crippen LogP contribution in [-0.2, 0) is 9.53 Å². The highest BCUT2D eigenvalue weighted by atomic mass is 79.9. The third-order valence-electron chi connectivity index (χ3n) is 2.38. The third-order valence-corrected chi connectivity index (χ3v) is 3.02. The van der Waals surface area contributed by atoms with E-state index in [1.54, 1.807) is 0 Å². The van der Waals surface area contributed by atoms with E-state index in [1.807, 2.05) is 0 Å². The summed E-state index contributed by atoms with van der Waals surface area (Å²) >= 11 is 3.07. The van der Waals surface area contributed by atoms with Gasteiger partial charge in [0, 0.05) is 11.6 Å². The fourth-order valence-electron chi connectivity index (χ4n) is 1.51. The quantitative estimate of drug-likeness (QED) is 0.724. The number of methoxy groups -OCH3 is 1. The van der Waals surface area contributed by atoms with Gasteiger partial charge >= 0.3 is 11.9 Å². The Balaban J connectivity index is 3.23. The van der Waals surface area contributed by atoms with Crippen molar-refractivity contribution in [1.82, 2.24) is 0 Å². The molecule has 1 aromatic carbocycles. The van der Waals surface area contributed by atoms with Crippen molar-refractivity contribution in [3.05, 3.63) is 27.7 Å². The van der Waals surface area contributed by atoms with E-state index in [-0.39, 0.29) is 23.3 Å². The average molecular weight is 318 g/mol. The first-order chi connectivity index (χ1) is 8.38. The minimum Gasteiger partial charge on any atom is -0.506 e. The van der Waals surface area contributed by atoms with Gasteiger partial charge in [-0.15, -0.1) is 0 Å². The normalized spacial score (nSPS) is 11.9. The molecule has 0 saturated carbocycles. The molecule has 0 unspecified atom stereocenters. The van der Waals surface area contributed by atoms with Crippen molar-refractivity contribution in [3.8, 4) is 5.75 Å². The molecular formula is C11H12BrNO5. The number of rotatable bonds is 4. The SMILES string of the molecule is COC(=O)C[C@@H](N)c1c(C(=O)O)ccc(Br)c1O. The summed E-state index contributed by atoms with van der Waals surface area (Å²) in [6.07, 6.45) is -0.221. The standard InChI is InChI=1S/C11H12BrNO5/c1-18-8(14)4-7(13)9-5(11(16)17)2-3-6(12)10(9)15/h2-3,7,15H,4,13H2,1H3,(H,16,17)/t7-/m1/s1. The molecule has 1 aromatic rings. The predicted octanol–water partition coefficient (Wildman–Crippen LogP) is 1.42. The molecule has 0 aliphatic rings. The third kappa shape index (κ3) is 2.99. The van der Waals surface area contributed by atoms with E-state index in [1.165, 1.54) is 19.2 Å². The van der Waals surface area contributed by atoms with Crippen molar-refractivity contribution < 1.29 is 24.5 Å². The number of hydrogen-bond acceptors (Lipinski definition) is 5. The summed E-state index contributed by atoms with van der Waals surface area (Å²) in [4.78, 5) is 22.2. The predicted molar refractivity (Wildman–Crippen MR) is 66.3 cm³/mol. The molecule has 7 heteroatoms. The fourth-order valence-corrected chi connectivity index (χ4v) is 1.85. The van der Waals surface area contributed by atoms with Gasteiger partial charge in [-0.1, -0.05) is 0 Å². The number of esters is 1. The van der Waals surface area contributed by atoms with E-state index in [2.05, 4.69) is 20.7 Å². The molecule has 0 bridgehead atoms. The second kappa shape index (κ2) is 5.83. The number of aromatic carboxylic acids is 1. The minimum atomic E-state index is -1.23. The monoisotopic (exact) mass is 317 g/mol. The molecule has 0 spiro atoms. The molecule has 0 aliphatic carbocycles. The summed E-state index contributed by atoms with van der Waals surface area (Å²) < 4.78 is 4.76. The number of hydrogen-bond donors (Lipinski definition) is 3. The molecule has 0 aromatic heterocycles. The van der Waals surface area contributed by atoms with Crippen LogP contribution >= 0.6 is 15.9 Å². The van der Waals surface area contributed by atoms with Crippen LogP contribution in [0.15, 0.2) is 16.6 Å². The largest absolute Gasteiger partial charge is 0.506 e. The lowest BCUT2D eigenvalue weighted by Crippen LogP contribution is -2.19. The van der Waals surface area contributed by atoms with Gasteiger partial charge in [-0.3, -0.25) is 4.79 Å². The Morgan fingerprint density at radius 3 is 2.61 bits per heavy atom. The number of carboxylic acids is 1. The summed E-state index contributed by atoms with van der Waals surface area (Å²) in [5.74, 6) is -2.10. The molecule has 4 N–H and O–H groups in total. The van der Waals surface area contributed by atoms with Gasteiger partial charge in [0.15, 0.2) is 0 Å². The summed E-state index contributed by atoms with van der Waals surface area (Å²) in [7, 11) is 1.20. The Hall–Kier alpha value is -1.60. The molecule has 98 valence electrons. The highest BCUT2D eigenvalue weighted by molar-refractivity contribution is 9.10. The van der Waals surface area contributed by atoms with Crippen LogP contribution in [-0.4, -0.2) is 29.3 Å². The molecule has 0 radical (unpaired) electrons. The number of aromatic hydroxyl groups is 1. The van der Waals surface area contributed by atoms with Crippen molar-refractivity contribution in [2.45, 2.75) is 12.5 Å². The molecule has 0 fully saturated rings. The van der Waals surface area contributed by atoms with E-state index in [0.717, 1.165) is 0 Å². The molecule has 6 nitrogen and oxygen atoms in total. The van der Waals surface area contributed by atoms with Crippen LogP contribution in [0.4, 0.5) is 0 Å². The van der Waals surface area contributed by atoms with Crippen molar-refractivity contribution in [1.29, 1.82) is 0 Å². The first kappa shape index (κ1) is 14.5. The maximum Gasteiger partial charge on any atom is 0.336 e. The number of phenols is 1. The van der Waals surface area contributed by atoms with E-state index in [4.69, 9.17) is 10.8 Å². The molecule has 0 heterocycles. The number of carboxylic acid groups (broad SMARTS) is 1. The van der Waals surface area contributed by atoms with Crippen molar-refractivity contribution in [2.75, 3.05) is 7.11 Å². The smallest absolute Gasteiger partial charge is 0.336 e. The van der Waals surface area contributed by atoms with Crippen LogP contribution in [0.25, 0.3) is 0 Å². The maximum atomic E-state index is 11.1. The zero-order chi connectivity index (χ0) is 13.9. The number of carbonyl (C=O) groups is 2. The highest BCUT2D eigenvalue weighted by Gasteiger charge is 2.23. The van der Waals surface area contributed by atoms with Crippen molar-refractivity contribution in [3.63, 3.8) is 0 Å². The Labute approximate surface area is 111 Å². The number of nitrogens with two attached hydrogens (primary N) is 1. The Kier molecular flexibility index (Phi) is 4.69. The molecule has 0 amide bonds. The second-order valence-electron chi connectivity index (χ2n) is 3.55. The van der Waals surface area contributed by atoms with Gasteiger partial charge in [0.2, 0.25) is 0 Å². The topological polar surface area (TPSA) is 110 Å². The number of phenolic OH excluding ortho intramolecular Hbond substituents is 1. The highest BCUT2D eigenvalue weighted by Crippen LogP contribution is 2.35. The van der Waals surface area contributed by atoms with Crippen LogP contribution in [0.5, 0.6) is 5.75 Å². The van der Waals surface area contributed by atoms with Gasteiger partial charge in [-0.2, -0.15) is 0 Å². The van der Waals surface area contributed by atoms with Gasteiger partial charge in [-0.25, -0.2) is 4.79 Å². The lowest BCUT2D eigenvalue weighted by Gasteiger charge is -2.16. The second-order valence-corrected chi connectivity index (χ2v) is 4.40. The Bertz CT molecular complexity index is 489. The minimum absolute atomic E-state index is 0.00211. The summed E-state index contributed by atoms with van der Waals surface area (Å²) in [5.41, 5.74) is 5.59. The number of halogens is 1. The van der Waals surface area contributed by atoms with Gasteiger partial charge < -0.3 is 20.7 Å². The number of benzene rings is 1. The van der Waals surface area contributed by atoms with E-state index < -0.39 is 18.0 Å². The molecule has 0 aliphatic heterocycles. The first-order valence-electron chi connectivity index (χ1n) is 4.95. The van der Waals surface area contributed by atoms with Crippen LogP contribution in [0.3, 0.4) is 0 Å². The van der Waals surface area contributed by atoms with Crippen LogP contribution in [0, 0.1) is 0 Å². The average Bonchev–Trinajstić information content (AvgIpc) is 2.31. The Morgan fingerprint density at radius 1 is 1.50 bits per heavy atom. The summed E-state index contributed by atoms with van der Waals surface area (Å²) in [6.45, 7) is 0. The maximum absolute atomic E-state index is 11.1. The van der Waals surface area contributed by atoms with Crippen LogP contribution in [0.1, 0.15) is 28.4 Å². The first-order valence-corrected chi connectivity index (χ1v) is 5.74. The van der Waals surface area contributed by atoms with Gasteiger partial charge in [0.1, 0.15) is 5.75 Å². The zero-order valence-electron chi connectivity index (χ0n) is 9.51. The van der Waals surface area contributed by atoms with Crippen LogP contribution < -0.4 is 5.73 Å². The summed E-state index contributed by atoms with van der Waals surface area (Å²) in [6, 6.07) is 1.74. The van der Waals surface area contributed by atoms with Crippen LogP contribution in [0.2, 0.25) is 0 Å². The van der Waals surface area contributed by atoms with Crippen molar-refractivity contribution >= 4 is 27.9 Å². The number of carbonyl (C=O) groups excluding carboxylic acids is 1. The van der Waals surface area contributed by atoms with E-state index in [0.29, 0.717) is 4.47 Å².